The normalized spacial score (nSPS) is 16.4. The number of aryl methyl sites for hydroxylation is 1. The summed E-state index contributed by atoms with van der Waals surface area (Å²) in [5.74, 6) is -0.200. The monoisotopic (exact) mass is 593 g/mol. The number of hydrogen-bond acceptors (Lipinski definition) is 8. The summed E-state index contributed by atoms with van der Waals surface area (Å²) in [4.78, 5) is 19.8. The van der Waals surface area contributed by atoms with E-state index in [0.29, 0.717) is 36.2 Å². The third-order valence-electron chi connectivity index (χ3n) is 7.18. The fourth-order valence-electron chi connectivity index (χ4n) is 4.84. The van der Waals surface area contributed by atoms with Crippen molar-refractivity contribution in [1.82, 2.24) is 9.71 Å². The molecule has 0 fully saturated rings. The van der Waals surface area contributed by atoms with Crippen molar-refractivity contribution in [3.8, 4) is 5.75 Å². The van der Waals surface area contributed by atoms with Gasteiger partial charge in [-0.05, 0) is 80.3 Å². The van der Waals surface area contributed by atoms with Crippen molar-refractivity contribution in [3.63, 3.8) is 0 Å². The van der Waals surface area contributed by atoms with Gasteiger partial charge in [0.05, 0.1) is 5.25 Å². The minimum Gasteiger partial charge on any atom is -0.485 e. The number of allylic oxidation sites excluding steroid dienone is 1. The van der Waals surface area contributed by atoms with Crippen LogP contribution in [-0.2, 0) is 32.5 Å². The molecular formula is C29H40ClN3O6S. The summed E-state index contributed by atoms with van der Waals surface area (Å²) in [5.41, 5.74) is 2.11. The first kappa shape index (κ1) is 31.9. The number of carbonyl (C=O) groups excluding carboxylic acids is 1. The number of ether oxygens (including phenoxy) is 3. The number of aromatic nitrogens is 1. The molecule has 0 saturated carbocycles. The molecule has 0 spiro atoms. The van der Waals surface area contributed by atoms with Crippen LogP contribution in [0.25, 0.3) is 0 Å². The van der Waals surface area contributed by atoms with E-state index in [0.717, 1.165) is 30.4 Å². The standard InChI is InChI=1S/C29H40ClN3O6S/c1-6-9-20(2)27(15-17-37-4)40(35,36)32-29(34)25-13-14-26-28(31-25)33(21(3)38-5)16-8-7-10-22-18-24(30)12-11-23(22)19-39-26/h6,11-14,18,20-21,27H,1,7-10,15-17,19H2,2-5H3,(H,32,34)/t20-,21?,27+/m0/s1. The number of fused-ring (bicyclic) bond motifs is 2. The first-order chi connectivity index (χ1) is 19.1. The second-order valence-corrected chi connectivity index (χ2v) is 12.3. The summed E-state index contributed by atoms with van der Waals surface area (Å²) in [5, 5.41) is -0.157. The van der Waals surface area contributed by atoms with Crippen molar-refractivity contribution in [1.29, 1.82) is 0 Å². The van der Waals surface area contributed by atoms with Gasteiger partial charge >= 0.3 is 0 Å². The maximum absolute atomic E-state index is 13.3. The zero-order valence-corrected chi connectivity index (χ0v) is 25.3. The highest BCUT2D eigenvalue weighted by atomic mass is 35.5. The number of amides is 1. The van der Waals surface area contributed by atoms with Gasteiger partial charge in [0.2, 0.25) is 10.0 Å². The molecular weight excluding hydrogens is 554 g/mol. The Morgan fingerprint density at radius 2 is 2.00 bits per heavy atom. The summed E-state index contributed by atoms with van der Waals surface area (Å²) >= 11 is 6.24. The van der Waals surface area contributed by atoms with Crippen LogP contribution in [0.2, 0.25) is 5.02 Å². The molecule has 0 bridgehead atoms. The topological polar surface area (TPSA) is 107 Å². The smallest absolute Gasteiger partial charge is 0.283 e. The number of hydrogen-bond donors (Lipinski definition) is 1. The number of carbonyl (C=O) groups is 1. The minimum absolute atomic E-state index is 0.0388. The van der Waals surface area contributed by atoms with Crippen LogP contribution >= 0.6 is 11.6 Å². The lowest BCUT2D eigenvalue weighted by Crippen LogP contribution is -2.42. The number of pyridine rings is 1. The van der Waals surface area contributed by atoms with Gasteiger partial charge in [0.25, 0.3) is 5.91 Å². The van der Waals surface area contributed by atoms with E-state index in [2.05, 4.69) is 16.3 Å². The quantitative estimate of drug-likeness (QED) is 0.358. The van der Waals surface area contributed by atoms with E-state index in [4.69, 9.17) is 25.8 Å². The Bertz CT molecular complexity index is 1270. The average Bonchev–Trinajstić information content (AvgIpc) is 2.95. The molecule has 1 unspecified atom stereocenters. The third kappa shape index (κ3) is 8.19. The van der Waals surface area contributed by atoms with E-state index in [1.54, 1.807) is 19.3 Å². The lowest BCUT2D eigenvalue weighted by Gasteiger charge is -2.30. The van der Waals surface area contributed by atoms with Crippen LogP contribution in [0.4, 0.5) is 5.82 Å². The molecule has 1 aromatic heterocycles. The van der Waals surface area contributed by atoms with Crippen LogP contribution in [0.3, 0.4) is 0 Å². The molecule has 0 radical (unpaired) electrons. The Labute approximate surface area is 242 Å². The molecule has 9 nitrogen and oxygen atoms in total. The zero-order valence-electron chi connectivity index (χ0n) is 23.7. The van der Waals surface area contributed by atoms with Crippen LogP contribution in [0.5, 0.6) is 5.75 Å². The highest BCUT2D eigenvalue weighted by Gasteiger charge is 2.32. The second-order valence-electron chi connectivity index (χ2n) is 10.0. The van der Waals surface area contributed by atoms with Crippen LogP contribution in [0.15, 0.2) is 43.0 Å². The Balaban J connectivity index is 1.95. The lowest BCUT2D eigenvalue weighted by atomic mass is 10.0. The fourth-order valence-corrected chi connectivity index (χ4v) is 6.68. The van der Waals surface area contributed by atoms with Gasteiger partial charge < -0.3 is 19.1 Å². The van der Waals surface area contributed by atoms with Gasteiger partial charge in [0.15, 0.2) is 11.6 Å². The van der Waals surface area contributed by atoms with Gasteiger partial charge in [-0.3, -0.25) is 4.79 Å². The van der Waals surface area contributed by atoms with Gasteiger partial charge in [-0.15, -0.1) is 6.58 Å². The maximum atomic E-state index is 13.3. The van der Waals surface area contributed by atoms with Crippen molar-refractivity contribution in [2.45, 2.75) is 64.0 Å². The van der Waals surface area contributed by atoms with E-state index in [1.807, 2.05) is 36.9 Å². The van der Waals surface area contributed by atoms with Crippen molar-refractivity contribution >= 4 is 33.3 Å². The first-order valence-corrected chi connectivity index (χ1v) is 15.4. The molecule has 40 heavy (non-hydrogen) atoms. The summed E-state index contributed by atoms with van der Waals surface area (Å²) in [6, 6.07) is 8.88. The molecule has 1 aliphatic heterocycles. The Morgan fingerprint density at radius 3 is 2.70 bits per heavy atom. The van der Waals surface area contributed by atoms with Crippen molar-refractivity contribution in [2.75, 3.05) is 32.3 Å². The lowest BCUT2D eigenvalue weighted by molar-refractivity contribution is 0.0973. The molecule has 1 amide bonds. The molecule has 0 aliphatic carbocycles. The number of sulfonamides is 1. The fraction of sp³-hybridized carbons (Fsp3) is 0.517. The van der Waals surface area contributed by atoms with Crippen LogP contribution in [-0.4, -0.2) is 58.2 Å². The number of nitrogens with zero attached hydrogens (tertiary/aromatic N) is 2. The van der Waals surface area contributed by atoms with Gasteiger partial charge in [-0.25, -0.2) is 18.1 Å². The first-order valence-electron chi connectivity index (χ1n) is 13.5. The van der Waals surface area contributed by atoms with E-state index in [9.17, 15) is 13.2 Å². The molecule has 2 aromatic rings. The van der Waals surface area contributed by atoms with E-state index in [1.165, 1.54) is 13.2 Å². The Kier molecular flexibility index (Phi) is 11.8. The number of benzene rings is 1. The highest BCUT2D eigenvalue weighted by molar-refractivity contribution is 7.90. The third-order valence-corrected chi connectivity index (χ3v) is 9.39. The largest absolute Gasteiger partial charge is 0.485 e. The average molecular weight is 594 g/mol. The zero-order chi connectivity index (χ0) is 29.3. The number of rotatable bonds is 11. The van der Waals surface area contributed by atoms with Gasteiger partial charge in [-0.2, -0.15) is 0 Å². The predicted molar refractivity (Wildman–Crippen MR) is 157 cm³/mol. The Morgan fingerprint density at radius 1 is 1.23 bits per heavy atom. The van der Waals surface area contributed by atoms with Crippen molar-refractivity contribution in [2.24, 2.45) is 5.92 Å². The van der Waals surface area contributed by atoms with Gasteiger partial charge in [-0.1, -0.05) is 30.7 Å². The molecule has 0 saturated heterocycles. The summed E-state index contributed by atoms with van der Waals surface area (Å²) in [6.45, 7) is 8.55. The number of methoxy groups -OCH3 is 2. The van der Waals surface area contributed by atoms with E-state index in [-0.39, 0.29) is 30.9 Å². The number of nitrogens with one attached hydrogen (secondary N) is 1. The molecule has 220 valence electrons. The summed E-state index contributed by atoms with van der Waals surface area (Å²) in [7, 11) is -0.922. The summed E-state index contributed by atoms with van der Waals surface area (Å²) < 4.78 is 45.8. The molecule has 3 rings (SSSR count). The maximum Gasteiger partial charge on any atom is 0.283 e. The molecule has 11 heteroatoms. The van der Waals surface area contributed by atoms with Gasteiger partial charge in [0.1, 0.15) is 18.5 Å². The SMILES string of the molecule is C=CC[C@H](C)[C@@H](CCOC)S(=O)(=O)NC(=O)c1ccc2c(n1)N(C(C)OC)CCCCc1cc(Cl)ccc1CO2. The van der Waals surface area contributed by atoms with Gasteiger partial charge in [0, 0.05) is 32.4 Å². The minimum atomic E-state index is -4.03. The van der Waals surface area contributed by atoms with E-state index < -0.39 is 21.2 Å². The predicted octanol–water partition coefficient (Wildman–Crippen LogP) is 5.13. The Hall–Kier alpha value is -2.66. The second kappa shape index (κ2) is 14.8. The van der Waals surface area contributed by atoms with Crippen LogP contribution < -0.4 is 14.4 Å². The number of halogens is 1. The number of anilines is 1. The molecule has 1 N–H and O–H groups in total. The molecule has 1 aliphatic rings. The van der Waals surface area contributed by atoms with Crippen LogP contribution in [0, 0.1) is 5.92 Å². The van der Waals surface area contributed by atoms with Crippen molar-refractivity contribution < 1.29 is 27.4 Å². The highest BCUT2D eigenvalue weighted by Crippen LogP contribution is 2.31. The van der Waals surface area contributed by atoms with Crippen LogP contribution in [0.1, 0.15) is 61.1 Å². The molecule has 3 atom stereocenters. The molecule has 1 aromatic carbocycles. The summed E-state index contributed by atoms with van der Waals surface area (Å²) in [6.07, 6.45) is 4.60. The van der Waals surface area contributed by atoms with Crippen molar-refractivity contribution in [3.05, 3.63) is 64.8 Å². The molecule has 2 heterocycles. The van der Waals surface area contributed by atoms with E-state index >= 15 is 0 Å².